The number of thiophene rings is 1. The van der Waals surface area contributed by atoms with Gasteiger partial charge in [-0.05, 0) is 35.6 Å². The summed E-state index contributed by atoms with van der Waals surface area (Å²) in [5, 5.41) is 2.11. The first-order chi connectivity index (χ1) is 9.58. The van der Waals surface area contributed by atoms with E-state index < -0.39 is 0 Å². The summed E-state index contributed by atoms with van der Waals surface area (Å²) in [7, 11) is 0. The van der Waals surface area contributed by atoms with Gasteiger partial charge >= 0.3 is 0 Å². The van der Waals surface area contributed by atoms with Crippen LogP contribution in [0.2, 0.25) is 0 Å². The molecule has 0 spiro atoms. The molecule has 2 N–H and O–H groups in total. The highest BCUT2D eigenvalue weighted by molar-refractivity contribution is 9.10. The van der Waals surface area contributed by atoms with Gasteiger partial charge in [-0.1, -0.05) is 35.8 Å². The fourth-order valence-corrected chi connectivity index (χ4v) is 3.93. The van der Waals surface area contributed by atoms with Gasteiger partial charge < -0.3 is 10.3 Å². The maximum absolute atomic E-state index is 6.19. The maximum atomic E-state index is 6.19. The average molecular weight is 350 g/mol. The molecule has 0 saturated carbocycles. The van der Waals surface area contributed by atoms with Gasteiger partial charge in [-0.15, -0.1) is 11.3 Å². The summed E-state index contributed by atoms with van der Waals surface area (Å²) in [5.74, 6) is 1.02. The van der Waals surface area contributed by atoms with Crippen molar-refractivity contribution < 1.29 is 0 Å². The lowest BCUT2D eigenvalue weighted by Crippen LogP contribution is -2.17. The van der Waals surface area contributed by atoms with Gasteiger partial charge in [0.25, 0.3) is 0 Å². The third-order valence-corrected chi connectivity index (χ3v) is 4.86. The molecule has 0 fully saturated rings. The number of benzene rings is 1. The Hall–Kier alpha value is -1.33. The zero-order valence-corrected chi connectivity index (χ0v) is 13.8. The van der Waals surface area contributed by atoms with E-state index in [9.17, 15) is 0 Å². The molecule has 1 aromatic carbocycles. The topological polar surface area (TPSA) is 43.8 Å². The van der Waals surface area contributed by atoms with Crippen LogP contribution >= 0.6 is 27.3 Å². The molecule has 0 aliphatic heterocycles. The van der Waals surface area contributed by atoms with Crippen molar-refractivity contribution in [3.05, 3.63) is 45.1 Å². The molecular formula is C15H16BrN3S. The van der Waals surface area contributed by atoms with Gasteiger partial charge in [0.05, 0.1) is 17.1 Å². The number of hydrogen-bond acceptors (Lipinski definition) is 3. The Labute approximate surface area is 130 Å². The molecular weight excluding hydrogens is 334 g/mol. The van der Waals surface area contributed by atoms with Crippen molar-refractivity contribution in [3.8, 4) is 0 Å². The highest BCUT2D eigenvalue weighted by Crippen LogP contribution is 2.35. The van der Waals surface area contributed by atoms with Crippen molar-refractivity contribution in [2.24, 2.45) is 5.92 Å². The minimum absolute atomic E-state index is 0.223. The summed E-state index contributed by atoms with van der Waals surface area (Å²) in [5.41, 5.74) is 8.20. The number of hydrogen-bond donors (Lipinski definition) is 1. The van der Waals surface area contributed by atoms with Crippen molar-refractivity contribution in [1.29, 1.82) is 0 Å². The zero-order valence-electron chi connectivity index (χ0n) is 11.4. The SMILES string of the molecule is CC(C)C(c1cccs1)n1c(N)nc2cc(Br)ccc21. The van der Waals surface area contributed by atoms with Crippen LogP contribution in [0, 0.1) is 5.92 Å². The lowest BCUT2D eigenvalue weighted by molar-refractivity contribution is 0.457. The Morgan fingerprint density at radius 3 is 2.75 bits per heavy atom. The third-order valence-electron chi connectivity index (χ3n) is 3.42. The Kier molecular flexibility index (Phi) is 3.56. The highest BCUT2D eigenvalue weighted by Gasteiger charge is 2.23. The molecule has 0 bridgehead atoms. The van der Waals surface area contributed by atoms with Gasteiger partial charge in [0.15, 0.2) is 0 Å². The second-order valence-corrected chi connectivity index (χ2v) is 7.07. The number of nitrogens with two attached hydrogens (primary N) is 1. The first-order valence-electron chi connectivity index (χ1n) is 6.54. The number of fused-ring (bicyclic) bond motifs is 1. The number of aromatic nitrogens is 2. The molecule has 5 heteroatoms. The van der Waals surface area contributed by atoms with Gasteiger partial charge in [0.1, 0.15) is 0 Å². The van der Waals surface area contributed by atoms with Crippen molar-refractivity contribution >= 4 is 44.2 Å². The van der Waals surface area contributed by atoms with E-state index in [1.165, 1.54) is 4.88 Å². The molecule has 3 rings (SSSR count). The van der Waals surface area contributed by atoms with E-state index in [0.717, 1.165) is 15.5 Å². The van der Waals surface area contributed by atoms with E-state index in [4.69, 9.17) is 5.73 Å². The normalized spacial score (nSPS) is 13.2. The Balaban J connectivity index is 2.23. The number of anilines is 1. The predicted molar refractivity (Wildman–Crippen MR) is 89.1 cm³/mol. The molecule has 0 saturated heterocycles. The van der Waals surface area contributed by atoms with Crippen molar-refractivity contribution in [1.82, 2.24) is 9.55 Å². The summed E-state index contributed by atoms with van der Waals surface area (Å²) in [4.78, 5) is 5.82. The van der Waals surface area contributed by atoms with Crippen molar-refractivity contribution in [3.63, 3.8) is 0 Å². The van der Waals surface area contributed by atoms with Gasteiger partial charge in [-0.2, -0.15) is 0 Å². The number of rotatable bonds is 3. The molecule has 2 aromatic heterocycles. The van der Waals surface area contributed by atoms with E-state index in [-0.39, 0.29) is 6.04 Å². The van der Waals surface area contributed by atoms with Crippen LogP contribution in [-0.2, 0) is 0 Å². The van der Waals surface area contributed by atoms with Crippen LogP contribution in [0.3, 0.4) is 0 Å². The molecule has 0 aliphatic carbocycles. The Bertz CT molecular complexity index is 731. The smallest absolute Gasteiger partial charge is 0.201 e. The quantitative estimate of drug-likeness (QED) is 0.745. The summed E-state index contributed by atoms with van der Waals surface area (Å²) in [6.45, 7) is 4.43. The molecule has 1 unspecified atom stereocenters. The molecule has 20 heavy (non-hydrogen) atoms. The molecule has 3 nitrogen and oxygen atoms in total. The van der Waals surface area contributed by atoms with E-state index in [1.807, 2.05) is 12.1 Å². The monoisotopic (exact) mass is 349 g/mol. The molecule has 3 aromatic rings. The van der Waals surface area contributed by atoms with Gasteiger partial charge in [-0.3, -0.25) is 0 Å². The number of halogens is 1. The molecule has 0 amide bonds. The number of nitrogens with zero attached hydrogens (tertiary/aromatic N) is 2. The van der Waals surface area contributed by atoms with Crippen LogP contribution in [0.5, 0.6) is 0 Å². The zero-order chi connectivity index (χ0) is 14.3. The highest BCUT2D eigenvalue weighted by atomic mass is 79.9. The average Bonchev–Trinajstić information content (AvgIpc) is 2.98. The molecule has 104 valence electrons. The number of nitrogen functional groups attached to an aromatic ring is 1. The van der Waals surface area contributed by atoms with Crippen LogP contribution in [-0.4, -0.2) is 9.55 Å². The van der Waals surface area contributed by atoms with E-state index in [0.29, 0.717) is 11.9 Å². The van der Waals surface area contributed by atoms with Crippen molar-refractivity contribution in [2.75, 3.05) is 5.73 Å². The van der Waals surface area contributed by atoms with Crippen molar-refractivity contribution in [2.45, 2.75) is 19.9 Å². The summed E-state index contributed by atoms with van der Waals surface area (Å²) >= 11 is 5.25. The Morgan fingerprint density at radius 1 is 1.30 bits per heavy atom. The fraction of sp³-hybridized carbons (Fsp3) is 0.267. The lowest BCUT2D eigenvalue weighted by Gasteiger charge is -2.23. The molecule has 2 heterocycles. The van der Waals surface area contributed by atoms with Gasteiger partial charge in [0, 0.05) is 9.35 Å². The minimum atomic E-state index is 0.223. The van der Waals surface area contributed by atoms with Gasteiger partial charge in [0.2, 0.25) is 5.95 Å². The van der Waals surface area contributed by atoms with Crippen LogP contribution in [0.25, 0.3) is 11.0 Å². The van der Waals surface area contributed by atoms with Crippen LogP contribution in [0.15, 0.2) is 40.2 Å². The van der Waals surface area contributed by atoms with Crippen LogP contribution in [0.4, 0.5) is 5.95 Å². The maximum Gasteiger partial charge on any atom is 0.201 e. The molecule has 0 aliphatic rings. The number of imidazole rings is 1. The van der Waals surface area contributed by atoms with E-state index >= 15 is 0 Å². The summed E-state index contributed by atoms with van der Waals surface area (Å²) < 4.78 is 3.17. The van der Waals surface area contributed by atoms with Gasteiger partial charge in [-0.25, -0.2) is 4.98 Å². The fourth-order valence-electron chi connectivity index (χ4n) is 2.60. The first-order valence-corrected chi connectivity index (χ1v) is 8.21. The lowest BCUT2D eigenvalue weighted by atomic mass is 10.0. The Morgan fingerprint density at radius 2 is 2.10 bits per heavy atom. The predicted octanol–water partition coefficient (Wildman–Crippen LogP) is 4.69. The molecule has 0 radical (unpaired) electrons. The first kappa shape index (κ1) is 13.6. The third kappa shape index (κ3) is 2.25. The summed E-state index contributed by atoms with van der Waals surface area (Å²) in [6, 6.07) is 10.6. The van der Waals surface area contributed by atoms with Crippen LogP contribution < -0.4 is 5.73 Å². The summed E-state index contributed by atoms with van der Waals surface area (Å²) in [6.07, 6.45) is 0. The second-order valence-electron chi connectivity index (χ2n) is 5.18. The molecule has 1 atom stereocenters. The largest absolute Gasteiger partial charge is 0.369 e. The minimum Gasteiger partial charge on any atom is -0.369 e. The van der Waals surface area contributed by atoms with E-state index in [1.54, 1.807) is 11.3 Å². The van der Waals surface area contributed by atoms with E-state index in [2.05, 4.69) is 62.9 Å². The standard InChI is InChI=1S/C15H16BrN3S/c1-9(2)14(13-4-3-7-20-13)19-12-6-5-10(16)8-11(12)18-15(19)17/h3-9,14H,1-2H3,(H2,17,18). The second kappa shape index (κ2) is 5.22. The van der Waals surface area contributed by atoms with Crippen LogP contribution in [0.1, 0.15) is 24.8 Å².